The lowest BCUT2D eigenvalue weighted by atomic mass is 9.81. The van der Waals surface area contributed by atoms with Crippen molar-refractivity contribution in [1.29, 1.82) is 0 Å². The van der Waals surface area contributed by atoms with Crippen LogP contribution in [-0.4, -0.2) is 11.4 Å². The predicted molar refractivity (Wildman–Crippen MR) is 70.7 cm³/mol. The lowest BCUT2D eigenvalue weighted by Crippen LogP contribution is -2.47. The lowest BCUT2D eigenvalue weighted by Gasteiger charge is -2.33. The van der Waals surface area contributed by atoms with Crippen molar-refractivity contribution in [3.63, 3.8) is 0 Å². The van der Waals surface area contributed by atoms with Gasteiger partial charge in [-0.05, 0) is 40.4 Å². The summed E-state index contributed by atoms with van der Waals surface area (Å²) in [5, 5.41) is 3.18. The van der Waals surface area contributed by atoms with Gasteiger partial charge in [-0.2, -0.15) is 0 Å². The number of rotatable bonds is 3. The van der Waals surface area contributed by atoms with Gasteiger partial charge in [0.05, 0.1) is 3.79 Å². The molecule has 1 fully saturated rings. The van der Waals surface area contributed by atoms with Crippen LogP contribution >= 0.6 is 27.3 Å². The minimum absolute atomic E-state index is 0.0264. The highest BCUT2D eigenvalue weighted by molar-refractivity contribution is 9.11. The maximum atomic E-state index is 11.4. The van der Waals surface area contributed by atoms with E-state index < -0.39 is 0 Å². The van der Waals surface area contributed by atoms with Crippen LogP contribution in [0.1, 0.15) is 31.6 Å². The summed E-state index contributed by atoms with van der Waals surface area (Å²) < 4.78 is 1.16. The first kappa shape index (κ1) is 12.1. The first-order valence-electron chi connectivity index (χ1n) is 5.57. The van der Waals surface area contributed by atoms with Crippen molar-refractivity contribution in [2.45, 2.75) is 38.6 Å². The monoisotopic (exact) mass is 301 g/mol. The Labute approximate surface area is 109 Å². The van der Waals surface area contributed by atoms with E-state index in [4.69, 9.17) is 0 Å². The molecule has 1 amide bonds. The van der Waals surface area contributed by atoms with E-state index in [9.17, 15) is 4.79 Å². The molecule has 1 saturated heterocycles. The van der Waals surface area contributed by atoms with Crippen molar-refractivity contribution in [3.05, 3.63) is 20.8 Å². The maximum absolute atomic E-state index is 11.4. The van der Waals surface area contributed by atoms with Crippen LogP contribution in [-0.2, 0) is 11.2 Å². The van der Waals surface area contributed by atoms with E-state index in [2.05, 4.69) is 47.2 Å². The van der Waals surface area contributed by atoms with Crippen molar-refractivity contribution < 1.29 is 4.79 Å². The molecule has 1 atom stereocenters. The minimum atomic E-state index is -0.0264. The zero-order valence-electron chi connectivity index (χ0n) is 9.55. The van der Waals surface area contributed by atoms with Crippen LogP contribution in [0.2, 0.25) is 0 Å². The zero-order chi connectivity index (χ0) is 11.8. The zero-order valence-corrected chi connectivity index (χ0v) is 12.0. The molecule has 2 heterocycles. The van der Waals surface area contributed by atoms with Crippen LogP contribution < -0.4 is 5.32 Å². The van der Waals surface area contributed by atoms with E-state index in [1.807, 2.05) is 0 Å². The fraction of sp³-hybridized carbons (Fsp3) is 0.583. The fourth-order valence-corrected chi connectivity index (χ4v) is 3.87. The third-order valence-corrected chi connectivity index (χ3v) is 5.03. The molecule has 1 aliphatic heterocycles. The number of thiophene rings is 1. The smallest absolute Gasteiger partial charge is 0.220 e. The molecule has 2 rings (SSSR count). The van der Waals surface area contributed by atoms with Crippen LogP contribution in [0.3, 0.4) is 0 Å². The summed E-state index contributed by atoms with van der Waals surface area (Å²) in [5.74, 6) is 0.671. The number of hydrogen-bond acceptors (Lipinski definition) is 2. The van der Waals surface area contributed by atoms with Crippen molar-refractivity contribution >= 4 is 33.2 Å². The summed E-state index contributed by atoms with van der Waals surface area (Å²) in [6.45, 7) is 4.38. The number of amides is 1. The van der Waals surface area contributed by atoms with E-state index in [0.717, 1.165) is 16.6 Å². The number of carbonyl (C=O) groups excluding carboxylic acids is 1. The first-order valence-corrected chi connectivity index (χ1v) is 7.18. The highest BCUT2D eigenvalue weighted by Crippen LogP contribution is 2.34. The quantitative estimate of drug-likeness (QED) is 0.911. The molecule has 4 heteroatoms. The summed E-state index contributed by atoms with van der Waals surface area (Å²) in [4.78, 5) is 12.8. The van der Waals surface area contributed by atoms with E-state index in [-0.39, 0.29) is 11.4 Å². The molecular formula is C12H16BrNOS. The molecule has 0 bridgehead atoms. The van der Waals surface area contributed by atoms with Gasteiger partial charge in [0.25, 0.3) is 0 Å². The van der Waals surface area contributed by atoms with Gasteiger partial charge in [0, 0.05) is 23.3 Å². The highest BCUT2D eigenvalue weighted by atomic mass is 79.9. The summed E-state index contributed by atoms with van der Waals surface area (Å²) >= 11 is 5.24. The Morgan fingerprint density at radius 3 is 2.75 bits per heavy atom. The maximum Gasteiger partial charge on any atom is 0.220 e. The molecule has 1 N–H and O–H groups in total. The molecule has 1 aromatic heterocycles. The summed E-state index contributed by atoms with van der Waals surface area (Å²) in [6.07, 6.45) is 2.58. The third-order valence-electron chi connectivity index (χ3n) is 3.41. The van der Waals surface area contributed by atoms with Gasteiger partial charge in [0.1, 0.15) is 0 Å². The Bertz CT molecular complexity index is 401. The van der Waals surface area contributed by atoms with Gasteiger partial charge in [-0.1, -0.05) is 13.8 Å². The normalized spacial score (nSPS) is 25.1. The van der Waals surface area contributed by atoms with Crippen molar-refractivity contribution in [2.24, 2.45) is 5.92 Å². The topological polar surface area (TPSA) is 29.1 Å². The molecule has 0 aliphatic carbocycles. The molecule has 0 aromatic carbocycles. The van der Waals surface area contributed by atoms with E-state index in [1.54, 1.807) is 11.3 Å². The third kappa shape index (κ3) is 2.33. The average Bonchev–Trinajstić information content (AvgIpc) is 2.75. The molecule has 0 spiro atoms. The lowest BCUT2D eigenvalue weighted by molar-refractivity contribution is -0.120. The van der Waals surface area contributed by atoms with Gasteiger partial charge >= 0.3 is 0 Å². The van der Waals surface area contributed by atoms with Gasteiger partial charge in [0.15, 0.2) is 0 Å². The summed E-state index contributed by atoms with van der Waals surface area (Å²) in [7, 11) is 0. The molecule has 0 saturated carbocycles. The van der Waals surface area contributed by atoms with Gasteiger partial charge in [-0.25, -0.2) is 0 Å². The van der Waals surface area contributed by atoms with Gasteiger partial charge in [-0.15, -0.1) is 11.3 Å². The minimum Gasteiger partial charge on any atom is -0.350 e. The Kier molecular flexibility index (Phi) is 3.40. The van der Waals surface area contributed by atoms with Gasteiger partial charge in [-0.3, -0.25) is 4.79 Å². The second-order valence-corrected chi connectivity index (χ2v) is 7.29. The summed E-state index contributed by atoms with van der Waals surface area (Å²) in [6, 6.07) is 4.22. The number of carbonyl (C=O) groups is 1. The largest absolute Gasteiger partial charge is 0.350 e. The van der Waals surface area contributed by atoms with E-state index in [1.165, 1.54) is 4.88 Å². The van der Waals surface area contributed by atoms with Gasteiger partial charge < -0.3 is 5.32 Å². The Morgan fingerprint density at radius 2 is 2.31 bits per heavy atom. The molecule has 0 radical (unpaired) electrons. The Morgan fingerprint density at radius 1 is 1.56 bits per heavy atom. The van der Waals surface area contributed by atoms with Crippen molar-refractivity contribution in [1.82, 2.24) is 5.32 Å². The number of nitrogens with one attached hydrogen (secondary N) is 1. The van der Waals surface area contributed by atoms with Gasteiger partial charge in [0.2, 0.25) is 5.91 Å². The van der Waals surface area contributed by atoms with Crippen LogP contribution in [0.4, 0.5) is 0 Å². The first-order chi connectivity index (χ1) is 7.52. The van der Waals surface area contributed by atoms with Crippen molar-refractivity contribution in [3.8, 4) is 0 Å². The van der Waals surface area contributed by atoms with E-state index >= 15 is 0 Å². The average molecular weight is 302 g/mol. The van der Waals surface area contributed by atoms with Crippen LogP contribution in [0.5, 0.6) is 0 Å². The molecule has 1 unspecified atom stereocenters. The number of halogens is 1. The Hall–Kier alpha value is -0.350. The SMILES string of the molecule is CC(C)C1(Cc2ccc(Br)s2)CCC(=O)N1. The Balaban J connectivity index is 2.18. The second kappa shape index (κ2) is 4.49. The van der Waals surface area contributed by atoms with E-state index in [0.29, 0.717) is 12.3 Å². The van der Waals surface area contributed by atoms with Crippen LogP contribution in [0.15, 0.2) is 15.9 Å². The molecule has 2 nitrogen and oxygen atoms in total. The molecule has 1 aliphatic rings. The van der Waals surface area contributed by atoms with Crippen molar-refractivity contribution in [2.75, 3.05) is 0 Å². The van der Waals surface area contributed by atoms with Crippen LogP contribution in [0, 0.1) is 5.92 Å². The molecule has 1 aromatic rings. The summed E-state index contributed by atoms with van der Waals surface area (Å²) in [5.41, 5.74) is -0.0264. The fourth-order valence-electron chi connectivity index (χ4n) is 2.27. The molecule has 16 heavy (non-hydrogen) atoms. The molecular weight excluding hydrogens is 286 g/mol. The standard InChI is InChI=1S/C12H16BrNOS/c1-8(2)12(6-5-11(15)14-12)7-9-3-4-10(13)16-9/h3-4,8H,5-7H2,1-2H3,(H,14,15). The second-order valence-electron chi connectivity index (χ2n) is 4.74. The van der Waals surface area contributed by atoms with Crippen LogP contribution in [0.25, 0.3) is 0 Å². The molecule has 88 valence electrons. The predicted octanol–water partition coefficient (Wildman–Crippen LogP) is 3.36. The number of hydrogen-bond donors (Lipinski definition) is 1. The highest BCUT2D eigenvalue weighted by Gasteiger charge is 2.40.